The zero-order valence-corrected chi connectivity index (χ0v) is 12.8. The van der Waals surface area contributed by atoms with Crippen molar-refractivity contribution in [1.82, 2.24) is 0 Å². The van der Waals surface area contributed by atoms with Gasteiger partial charge in [0.25, 0.3) is 0 Å². The highest BCUT2D eigenvalue weighted by atomic mass is 16.3. The van der Waals surface area contributed by atoms with Crippen LogP contribution in [0.2, 0.25) is 0 Å². The van der Waals surface area contributed by atoms with E-state index in [1.807, 2.05) is 32.0 Å². The normalized spacial score (nSPS) is 20.2. The lowest BCUT2D eigenvalue weighted by Gasteiger charge is -2.32. The third kappa shape index (κ3) is 1.88. The molecule has 22 heavy (non-hydrogen) atoms. The van der Waals surface area contributed by atoms with E-state index < -0.39 is 11.5 Å². The number of Topliss-reactive ketones (excluding diaryl/α,β-unsaturated/α-hetero) is 1. The van der Waals surface area contributed by atoms with Gasteiger partial charge in [0.05, 0.1) is 5.69 Å². The first-order chi connectivity index (χ1) is 10.4. The smallest absolute Gasteiger partial charge is 0.236 e. The molecule has 2 aromatic carbocycles. The number of rotatable bonds is 1. The molecule has 1 aliphatic heterocycles. The fourth-order valence-corrected chi connectivity index (χ4v) is 2.93. The van der Waals surface area contributed by atoms with Gasteiger partial charge in [0.2, 0.25) is 17.4 Å². The van der Waals surface area contributed by atoms with E-state index in [2.05, 4.69) is 0 Å². The second-order valence-electron chi connectivity index (χ2n) is 5.74. The Balaban J connectivity index is 2.25. The summed E-state index contributed by atoms with van der Waals surface area (Å²) in [6.07, 6.45) is 0. The highest BCUT2D eigenvalue weighted by Crippen LogP contribution is 2.43. The monoisotopic (exact) mass is 295 g/mol. The highest BCUT2D eigenvalue weighted by molar-refractivity contribution is 6.19. The fourth-order valence-electron chi connectivity index (χ4n) is 2.93. The Kier molecular flexibility index (Phi) is 3.15. The molecule has 2 aromatic rings. The van der Waals surface area contributed by atoms with Crippen LogP contribution >= 0.6 is 0 Å². The molecule has 0 saturated carbocycles. The fraction of sp³-hybridized carbons (Fsp3) is 0.222. The van der Waals surface area contributed by atoms with Crippen molar-refractivity contribution in [3.8, 4) is 0 Å². The van der Waals surface area contributed by atoms with Crippen LogP contribution in [0, 0.1) is 13.8 Å². The molecule has 1 aliphatic rings. The lowest BCUT2D eigenvalue weighted by molar-refractivity contribution is -0.120. The molecule has 0 spiro atoms. The summed E-state index contributed by atoms with van der Waals surface area (Å²) in [5.74, 6) is -0.843. The molecule has 0 fully saturated rings. The van der Waals surface area contributed by atoms with Gasteiger partial charge in [0.15, 0.2) is 0 Å². The van der Waals surface area contributed by atoms with Gasteiger partial charge in [-0.25, -0.2) is 0 Å². The lowest BCUT2D eigenvalue weighted by atomic mass is 9.95. The van der Waals surface area contributed by atoms with Gasteiger partial charge >= 0.3 is 0 Å². The average molecular weight is 295 g/mol. The summed E-state index contributed by atoms with van der Waals surface area (Å²) in [6.45, 7) is 5.14. The number of fused-ring (bicyclic) bond motifs is 1. The van der Waals surface area contributed by atoms with Crippen molar-refractivity contribution in [2.75, 3.05) is 4.90 Å². The molecule has 0 aromatic heterocycles. The number of aliphatic hydroxyl groups is 1. The van der Waals surface area contributed by atoms with Crippen LogP contribution in [0.4, 0.5) is 5.69 Å². The van der Waals surface area contributed by atoms with Crippen LogP contribution in [-0.4, -0.2) is 16.8 Å². The summed E-state index contributed by atoms with van der Waals surface area (Å²) in [5, 5.41) is 11.1. The van der Waals surface area contributed by atoms with E-state index in [1.54, 1.807) is 24.3 Å². The molecular weight excluding hydrogens is 278 g/mol. The van der Waals surface area contributed by atoms with Gasteiger partial charge < -0.3 is 5.11 Å². The van der Waals surface area contributed by atoms with Crippen molar-refractivity contribution in [1.29, 1.82) is 0 Å². The number of anilines is 1. The van der Waals surface area contributed by atoms with E-state index in [0.717, 1.165) is 11.1 Å². The molecule has 4 heteroatoms. The maximum Gasteiger partial charge on any atom is 0.236 e. The van der Waals surface area contributed by atoms with Crippen LogP contribution in [0.1, 0.15) is 34.0 Å². The predicted molar refractivity (Wildman–Crippen MR) is 83.7 cm³/mol. The van der Waals surface area contributed by atoms with Gasteiger partial charge in [0.1, 0.15) is 0 Å². The van der Waals surface area contributed by atoms with Crippen molar-refractivity contribution in [2.24, 2.45) is 0 Å². The largest absolute Gasteiger partial charge is 0.360 e. The first kappa shape index (κ1) is 14.5. The first-order valence-electron chi connectivity index (χ1n) is 7.11. The van der Waals surface area contributed by atoms with Crippen molar-refractivity contribution >= 4 is 17.4 Å². The standard InChI is InChI=1S/C18H17NO3/c1-11-4-7-14(8-5-11)18(22)17(21)15-10-12(2)6-9-16(15)19(18)13(3)20/h4-10,22H,1-3H3. The molecule has 0 radical (unpaired) electrons. The number of aryl methyl sites for hydroxylation is 2. The van der Waals surface area contributed by atoms with Gasteiger partial charge in [-0.3, -0.25) is 14.5 Å². The molecular formula is C18H17NO3. The molecule has 1 atom stereocenters. The van der Waals surface area contributed by atoms with Crippen LogP contribution in [0.15, 0.2) is 42.5 Å². The molecule has 1 N–H and O–H groups in total. The lowest BCUT2D eigenvalue weighted by Crippen LogP contribution is -2.50. The van der Waals surface area contributed by atoms with E-state index in [4.69, 9.17) is 0 Å². The Morgan fingerprint density at radius 2 is 1.64 bits per heavy atom. The zero-order chi connectivity index (χ0) is 16.1. The average Bonchev–Trinajstić information content (AvgIpc) is 2.69. The van der Waals surface area contributed by atoms with Crippen LogP contribution in [0.5, 0.6) is 0 Å². The summed E-state index contributed by atoms with van der Waals surface area (Å²) in [6, 6.07) is 12.2. The molecule has 1 amide bonds. The van der Waals surface area contributed by atoms with Crippen molar-refractivity contribution < 1.29 is 14.7 Å². The van der Waals surface area contributed by atoms with Gasteiger partial charge in [0, 0.05) is 18.1 Å². The Hall–Kier alpha value is -2.46. The van der Waals surface area contributed by atoms with Crippen LogP contribution < -0.4 is 4.90 Å². The number of hydrogen-bond acceptors (Lipinski definition) is 3. The minimum atomic E-state index is -1.98. The summed E-state index contributed by atoms with van der Waals surface area (Å²) in [5.41, 5.74) is 1.16. The minimum absolute atomic E-state index is 0.373. The second-order valence-corrected chi connectivity index (χ2v) is 5.74. The van der Waals surface area contributed by atoms with Crippen molar-refractivity contribution in [2.45, 2.75) is 26.5 Å². The highest BCUT2D eigenvalue weighted by Gasteiger charge is 2.53. The predicted octanol–water partition coefficient (Wildman–Crippen LogP) is 2.70. The first-order valence-corrected chi connectivity index (χ1v) is 7.11. The number of carbonyl (C=O) groups excluding carboxylic acids is 2. The Morgan fingerprint density at radius 3 is 2.23 bits per heavy atom. The van der Waals surface area contributed by atoms with E-state index in [0.29, 0.717) is 16.8 Å². The molecule has 1 heterocycles. The summed E-state index contributed by atoms with van der Waals surface area (Å²) < 4.78 is 0. The van der Waals surface area contributed by atoms with Crippen LogP contribution in [0.25, 0.3) is 0 Å². The second kappa shape index (κ2) is 4.78. The van der Waals surface area contributed by atoms with E-state index in [-0.39, 0.29) is 5.91 Å². The number of hydrogen-bond donors (Lipinski definition) is 1. The molecule has 0 saturated heterocycles. The quantitative estimate of drug-likeness (QED) is 0.880. The third-order valence-corrected chi connectivity index (χ3v) is 4.05. The molecule has 1 unspecified atom stereocenters. The van der Waals surface area contributed by atoms with Gasteiger partial charge in [-0.2, -0.15) is 0 Å². The Labute approximate surface area is 129 Å². The van der Waals surface area contributed by atoms with Gasteiger partial charge in [-0.05, 0) is 26.0 Å². The number of ketones is 1. The Bertz CT molecular complexity index is 779. The molecule has 0 aliphatic carbocycles. The number of carbonyl (C=O) groups is 2. The topological polar surface area (TPSA) is 57.6 Å². The zero-order valence-electron chi connectivity index (χ0n) is 12.8. The molecule has 3 rings (SSSR count). The van der Waals surface area contributed by atoms with Crippen LogP contribution in [-0.2, 0) is 10.5 Å². The SMILES string of the molecule is CC(=O)N1c2ccc(C)cc2C(=O)C1(O)c1ccc(C)cc1. The summed E-state index contributed by atoms with van der Waals surface area (Å²) in [7, 11) is 0. The van der Waals surface area contributed by atoms with Gasteiger partial charge in [-0.1, -0.05) is 41.5 Å². The number of benzene rings is 2. The van der Waals surface area contributed by atoms with E-state index in [9.17, 15) is 14.7 Å². The Morgan fingerprint density at radius 1 is 1.05 bits per heavy atom. The third-order valence-electron chi connectivity index (χ3n) is 4.05. The van der Waals surface area contributed by atoms with E-state index in [1.165, 1.54) is 11.8 Å². The van der Waals surface area contributed by atoms with Crippen molar-refractivity contribution in [3.05, 3.63) is 64.7 Å². The molecule has 4 nitrogen and oxygen atoms in total. The summed E-state index contributed by atoms with van der Waals surface area (Å²) >= 11 is 0. The maximum atomic E-state index is 12.8. The summed E-state index contributed by atoms with van der Waals surface area (Å²) in [4.78, 5) is 26.1. The maximum absolute atomic E-state index is 12.8. The minimum Gasteiger partial charge on any atom is -0.360 e. The molecule has 0 bridgehead atoms. The van der Waals surface area contributed by atoms with Crippen molar-refractivity contribution in [3.63, 3.8) is 0 Å². The number of amides is 1. The molecule has 112 valence electrons. The number of nitrogens with zero attached hydrogens (tertiary/aromatic N) is 1. The van der Waals surface area contributed by atoms with E-state index >= 15 is 0 Å². The van der Waals surface area contributed by atoms with Crippen LogP contribution in [0.3, 0.4) is 0 Å². The van der Waals surface area contributed by atoms with Gasteiger partial charge in [-0.15, -0.1) is 0 Å².